The van der Waals surface area contributed by atoms with Crippen molar-refractivity contribution < 1.29 is 9.90 Å². The van der Waals surface area contributed by atoms with Crippen molar-refractivity contribution in [2.45, 2.75) is 43.9 Å². The fraction of sp³-hybridized carbons (Fsp3) is 0.333. The molecule has 9 rings (SSSR count). The van der Waals surface area contributed by atoms with Gasteiger partial charge in [0, 0.05) is 113 Å². The van der Waals surface area contributed by atoms with Crippen LogP contribution in [0.15, 0.2) is 121 Å². The van der Waals surface area contributed by atoms with Crippen molar-refractivity contribution in [1.29, 1.82) is 0 Å². The fourth-order valence-corrected chi connectivity index (χ4v) is 9.82. The van der Waals surface area contributed by atoms with Crippen molar-refractivity contribution in [2.75, 3.05) is 64.2 Å². The third-order valence-corrected chi connectivity index (χ3v) is 13.5. The molecule has 7 aromatic rings. The first kappa shape index (κ1) is 41.1. The number of piperidine rings is 2. The Labute approximate surface area is 365 Å². The Bertz CT molecular complexity index is 2700. The molecule has 0 spiro atoms. The van der Waals surface area contributed by atoms with Crippen LogP contribution in [0.3, 0.4) is 0 Å². The number of anilines is 2. The van der Waals surface area contributed by atoms with E-state index in [0.29, 0.717) is 37.0 Å². The predicted molar refractivity (Wildman–Crippen MR) is 246 cm³/mol. The summed E-state index contributed by atoms with van der Waals surface area (Å²) in [5, 5.41) is 13.3. The number of carbonyl (C=O) groups excluding carboxylic acids is 1. The van der Waals surface area contributed by atoms with Crippen molar-refractivity contribution in [2.24, 2.45) is 5.92 Å². The molecule has 2 aliphatic heterocycles. The van der Waals surface area contributed by atoms with E-state index < -0.39 is 5.60 Å². The third-order valence-electron chi connectivity index (χ3n) is 12.5. The van der Waals surface area contributed by atoms with Crippen LogP contribution in [0.4, 0.5) is 11.6 Å². The first-order valence-electron chi connectivity index (χ1n) is 21.2. The maximum Gasteiger partial charge on any atom is 0.262 e. The number of aromatic nitrogens is 6. The maximum absolute atomic E-state index is 14.4. The minimum Gasteiger partial charge on any atom is -0.388 e. The Morgan fingerprint density at radius 3 is 2.13 bits per heavy atom. The van der Waals surface area contributed by atoms with Crippen molar-refractivity contribution >= 4 is 39.9 Å². The summed E-state index contributed by atoms with van der Waals surface area (Å²) in [5.41, 5.74) is 4.33. The summed E-state index contributed by atoms with van der Waals surface area (Å²) in [4.78, 5) is 56.2. The van der Waals surface area contributed by atoms with E-state index >= 15 is 0 Å². The molecule has 2 saturated heterocycles. The number of carbonyl (C=O) groups is 1. The van der Waals surface area contributed by atoms with Crippen molar-refractivity contribution in [1.82, 2.24) is 38.9 Å². The quantitative estimate of drug-likeness (QED) is 0.153. The van der Waals surface area contributed by atoms with Crippen LogP contribution in [-0.2, 0) is 17.9 Å². The summed E-state index contributed by atoms with van der Waals surface area (Å²) in [6.45, 7) is 3.30. The molecule has 0 aliphatic carbocycles. The molecule has 2 aliphatic rings. The first-order valence-corrected chi connectivity index (χ1v) is 22.0. The molecule has 318 valence electrons. The standard InChI is InChI=1S/C48H52N10O3S/c1-53(2)42-16-12-35(26-49-42)33-10-14-37(15-11-33)58-23-19-40-44(58)52-32-57(47(40)60)31-48(61)20-24-56(25-21-48)46(59)39-18-22-55(30-41(39)34-8-6-5-7-9-34)29-38-28-51-45(62-38)36-13-17-43(50-27-36)54(3)4/h5-17,19,23,26-28,32,39,41,61H,18,20-22,24-25,29-31H2,1-4H3/t39-,41+/m1/s1. The van der Waals surface area contributed by atoms with Gasteiger partial charge in [-0.1, -0.05) is 42.5 Å². The lowest BCUT2D eigenvalue weighted by atomic mass is 9.79. The van der Waals surface area contributed by atoms with E-state index in [2.05, 4.69) is 39.1 Å². The highest BCUT2D eigenvalue weighted by Crippen LogP contribution is 2.37. The highest BCUT2D eigenvalue weighted by Gasteiger charge is 2.41. The van der Waals surface area contributed by atoms with Gasteiger partial charge in [0.05, 0.1) is 17.5 Å². The predicted octanol–water partition coefficient (Wildman–Crippen LogP) is 6.56. The van der Waals surface area contributed by atoms with E-state index in [-0.39, 0.29) is 29.8 Å². The van der Waals surface area contributed by atoms with E-state index in [1.165, 1.54) is 15.8 Å². The smallest absolute Gasteiger partial charge is 0.262 e. The molecule has 1 N–H and O–H groups in total. The van der Waals surface area contributed by atoms with Crippen molar-refractivity contribution in [3.8, 4) is 27.4 Å². The Hall–Kier alpha value is -6.22. The van der Waals surface area contributed by atoms with Crippen LogP contribution < -0.4 is 15.4 Å². The summed E-state index contributed by atoms with van der Waals surface area (Å²) in [6.07, 6.45) is 10.6. The third kappa shape index (κ3) is 8.50. The second kappa shape index (κ2) is 17.3. The molecular weight excluding hydrogens is 797 g/mol. The van der Waals surface area contributed by atoms with Crippen LogP contribution in [0.1, 0.15) is 35.6 Å². The highest BCUT2D eigenvalue weighted by atomic mass is 32.1. The SMILES string of the molecule is CN(C)c1ccc(-c2ccc(-n3ccc4c(=O)n(CC5(O)CCN(C(=O)[C@@H]6CCN(Cc7cnc(-c8ccc(N(C)C)nc8)s7)C[C@H]6c6ccccc6)CC5)cnc43)cc2)cn1. The average Bonchev–Trinajstić information content (AvgIpc) is 3.96. The van der Waals surface area contributed by atoms with Gasteiger partial charge in [-0.25, -0.2) is 19.9 Å². The van der Waals surface area contributed by atoms with Gasteiger partial charge in [0.25, 0.3) is 5.56 Å². The number of hydrogen-bond acceptors (Lipinski definition) is 11. The number of hydrogen-bond donors (Lipinski definition) is 1. The number of pyridine rings is 2. The van der Waals surface area contributed by atoms with E-state index in [1.54, 1.807) is 17.4 Å². The van der Waals surface area contributed by atoms with Crippen LogP contribution in [0.25, 0.3) is 38.4 Å². The van der Waals surface area contributed by atoms with Crippen LogP contribution in [-0.4, -0.2) is 110 Å². The summed E-state index contributed by atoms with van der Waals surface area (Å²) < 4.78 is 3.42. The Morgan fingerprint density at radius 2 is 1.47 bits per heavy atom. The van der Waals surface area contributed by atoms with Gasteiger partial charge in [-0.2, -0.15) is 0 Å². The number of aliphatic hydroxyl groups is 1. The van der Waals surface area contributed by atoms with E-state index in [0.717, 1.165) is 70.6 Å². The Kier molecular flexibility index (Phi) is 11.5. The first-order chi connectivity index (χ1) is 30.0. The number of likely N-dealkylation sites (tertiary alicyclic amines) is 2. The van der Waals surface area contributed by atoms with Gasteiger partial charge in [-0.15, -0.1) is 11.3 Å². The highest BCUT2D eigenvalue weighted by molar-refractivity contribution is 7.15. The number of fused-ring (bicyclic) bond motifs is 1. The van der Waals surface area contributed by atoms with Gasteiger partial charge in [-0.05, 0) is 79.4 Å². The number of thiazole rings is 1. The summed E-state index contributed by atoms with van der Waals surface area (Å²) in [7, 11) is 7.89. The molecule has 2 fully saturated rings. The second-order valence-corrected chi connectivity index (χ2v) is 18.2. The summed E-state index contributed by atoms with van der Waals surface area (Å²) in [5.74, 6) is 1.81. The van der Waals surface area contributed by atoms with E-state index in [4.69, 9.17) is 9.97 Å². The molecule has 62 heavy (non-hydrogen) atoms. The number of benzene rings is 2. The van der Waals surface area contributed by atoms with Crippen molar-refractivity contribution in [3.63, 3.8) is 0 Å². The minimum atomic E-state index is -1.14. The topological polar surface area (TPSA) is 129 Å². The van der Waals surface area contributed by atoms with Crippen molar-refractivity contribution in [3.05, 3.63) is 137 Å². The van der Waals surface area contributed by atoms with Gasteiger partial charge >= 0.3 is 0 Å². The lowest BCUT2D eigenvalue weighted by Gasteiger charge is -2.43. The summed E-state index contributed by atoms with van der Waals surface area (Å²) >= 11 is 1.69. The molecule has 13 nitrogen and oxygen atoms in total. The minimum absolute atomic E-state index is 0.0350. The molecule has 0 bridgehead atoms. The van der Waals surface area contributed by atoms with E-state index in [1.807, 2.05) is 127 Å². The average molecular weight is 849 g/mol. The number of nitrogens with zero attached hydrogens (tertiary/aromatic N) is 10. The molecule has 2 atom stereocenters. The second-order valence-electron chi connectivity index (χ2n) is 17.1. The van der Waals surface area contributed by atoms with E-state index in [9.17, 15) is 14.7 Å². The van der Waals surface area contributed by atoms with Crippen LogP contribution in [0, 0.1) is 5.92 Å². The van der Waals surface area contributed by atoms with Gasteiger partial charge in [0.1, 0.15) is 23.0 Å². The molecule has 5 aromatic heterocycles. The van der Waals surface area contributed by atoms with Crippen LogP contribution in [0.2, 0.25) is 0 Å². The summed E-state index contributed by atoms with van der Waals surface area (Å²) in [6, 6.07) is 28.4. The molecule has 14 heteroatoms. The molecule has 0 radical (unpaired) electrons. The molecule has 7 heterocycles. The normalized spacial score (nSPS) is 17.9. The number of rotatable bonds is 11. The molecule has 2 aromatic carbocycles. The van der Waals surface area contributed by atoms with Gasteiger partial charge in [-0.3, -0.25) is 19.1 Å². The Morgan fingerprint density at radius 1 is 0.790 bits per heavy atom. The fourth-order valence-electron chi connectivity index (χ4n) is 8.87. The monoisotopic (exact) mass is 848 g/mol. The molecule has 0 saturated carbocycles. The molecule has 1 amide bonds. The maximum atomic E-state index is 14.4. The largest absolute Gasteiger partial charge is 0.388 e. The van der Waals surface area contributed by atoms with Gasteiger partial charge in [0.15, 0.2) is 5.65 Å². The zero-order valence-electron chi connectivity index (χ0n) is 35.6. The lowest BCUT2D eigenvalue weighted by molar-refractivity contribution is -0.142. The lowest BCUT2D eigenvalue weighted by Crippen LogP contribution is -2.53. The molecular formula is C48H52N10O3S. The number of amides is 1. The van der Waals surface area contributed by atoms with Gasteiger partial charge < -0.3 is 24.4 Å². The van der Waals surface area contributed by atoms with Crippen LogP contribution in [0.5, 0.6) is 0 Å². The zero-order chi connectivity index (χ0) is 43.0. The Balaban J connectivity index is 0.835. The molecule has 0 unspecified atom stereocenters. The van der Waals surface area contributed by atoms with Crippen LogP contribution >= 0.6 is 11.3 Å². The van der Waals surface area contributed by atoms with Gasteiger partial charge in [0.2, 0.25) is 5.91 Å². The zero-order valence-corrected chi connectivity index (χ0v) is 36.4.